The first kappa shape index (κ1) is 18.8. The molecule has 1 heterocycles. The van der Waals surface area contributed by atoms with Crippen molar-refractivity contribution in [2.45, 2.75) is 13.0 Å². The Morgan fingerprint density at radius 3 is 2.60 bits per heavy atom. The minimum atomic E-state index is -0.268. The fourth-order valence-electron chi connectivity index (χ4n) is 2.26. The number of thiophene rings is 1. The number of hydrogen-bond donors (Lipinski definition) is 1. The molecule has 2 aromatic rings. The number of para-hydroxylation sites is 1. The van der Waals surface area contributed by atoms with Crippen LogP contribution in [0, 0.1) is 0 Å². The first-order valence-electron chi connectivity index (χ1n) is 7.78. The molecule has 0 aliphatic heterocycles. The summed E-state index contributed by atoms with van der Waals surface area (Å²) in [7, 11) is 4.80. The molecule has 0 bridgehead atoms. The predicted molar refractivity (Wildman–Crippen MR) is 97.4 cm³/mol. The Balaban J connectivity index is 2.08. The normalized spacial score (nSPS) is 11.5. The van der Waals surface area contributed by atoms with Gasteiger partial charge in [0.2, 0.25) is 0 Å². The molecule has 0 fully saturated rings. The number of methoxy groups -OCH3 is 1. The summed E-state index contributed by atoms with van der Waals surface area (Å²) in [5.41, 5.74) is 0.350. The fourth-order valence-corrected chi connectivity index (χ4v) is 3.00. The minimum Gasteiger partial charge on any atom is -0.493 e. The van der Waals surface area contributed by atoms with Crippen molar-refractivity contribution in [3.63, 3.8) is 0 Å². The van der Waals surface area contributed by atoms with E-state index in [1.807, 2.05) is 24.4 Å². The third kappa shape index (κ3) is 4.73. The molecule has 1 aromatic carbocycles. The van der Waals surface area contributed by atoms with E-state index in [0.717, 1.165) is 4.88 Å². The Morgan fingerprint density at radius 1 is 1.24 bits per heavy atom. The summed E-state index contributed by atoms with van der Waals surface area (Å²) in [6.07, 6.45) is 0. The highest BCUT2D eigenvalue weighted by molar-refractivity contribution is 7.10. The number of carbonyl (C=O) groups is 2. The Bertz CT molecular complexity index is 729. The smallest absolute Gasteiger partial charge is 0.258 e. The molecule has 0 spiro atoms. The van der Waals surface area contributed by atoms with Gasteiger partial charge >= 0.3 is 0 Å². The van der Waals surface area contributed by atoms with Gasteiger partial charge in [0.25, 0.3) is 11.8 Å². The van der Waals surface area contributed by atoms with Crippen LogP contribution in [0.1, 0.15) is 28.2 Å². The van der Waals surface area contributed by atoms with Crippen molar-refractivity contribution in [1.82, 2.24) is 10.2 Å². The van der Waals surface area contributed by atoms with Gasteiger partial charge in [-0.3, -0.25) is 9.59 Å². The van der Waals surface area contributed by atoms with Crippen molar-refractivity contribution in [3.05, 3.63) is 46.2 Å². The second-order valence-electron chi connectivity index (χ2n) is 5.63. The average Bonchev–Trinajstić information content (AvgIpc) is 3.13. The number of nitrogens with zero attached hydrogens (tertiary/aromatic N) is 1. The molecule has 0 saturated heterocycles. The molecule has 0 aliphatic carbocycles. The van der Waals surface area contributed by atoms with Crippen LogP contribution in [0.4, 0.5) is 0 Å². The fraction of sp³-hybridized carbons (Fsp3) is 0.333. The number of amides is 2. The highest BCUT2D eigenvalue weighted by Gasteiger charge is 2.20. The number of ether oxygens (including phenoxy) is 2. The van der Waals surface area contributed by atoms with Crippen LogP contribution in [0.25, 0.3) is 0 Å². The highest BCUT2D eigenvalue weighted by Crippen LogP contribution is 2.31. The number of benzene rings is 1. The van der Waals surface area contributed by atoms with E-state index < -0.39 is 0 Å². The van der Waals surface area contributed by atoms with Crippen LogP contribution < -0.4 is 14.8 Å². The average molecular weight is 362 g/mol. The largest absolute Gasteiger partial charge is 0.493 e. The van der Waals surface area contributed by atoms with Crippen LogP contribution >= 0.6 is 11.3 Å². The van der Waals surface area contributed by atoms with E-state index in [1.54, 1.807) is 43.6 Å². The van der Waals surface area contributed by atoms with Crippen molar-refractivity contribution < 1.29 is 19.1 Å². The maximum atomic E-state index is 12.3. The van der Waals surface area contributed by atoms with Crippen molar-refractivity contribution >= 4 is 23.2 Å². The van der Waals surface area contributed by atoms with Crippen molar-refractivity contribution in [1.29, 1.82) is 0 Å². The molecule has 0 aliphatic rings. The van der Waals surface area contributed by atoms with E-state index >= 15 is 0 Å². The molecule has 2 rings (SSSR count). The maximum Gasteiger partial charge on any atom is 0.258 e. The quantitative estimate of drug-likeness (QED) is 0.822. The lowest BCUT2D eigenvalue weighted by atomic mass is 10.1. The number of carbonyl (C=O) groups excluding carboxylic acids is 2. The monoisotopic (exact) mass is 362 g/mol. The van der Waals surface area contributed by atoms with Gasteiger partial charge in [-0.25, -0.2) is 0 Å². The Hall–Kier alpha value is -2.54. The van der Waals surface area contributed by atoms with Gasteiger partial charge in [-0.15, -0.1) is 11.3 Å². The van der Waals surface area contributed by atoms with E-state index in [0.29, 0.717) is 11.3 Å². The molecular formula is C18H22N2O4S. The second-order valence-corrected chi connectivity index (χ2v) is 6.61. The van der Waals surface area contributed by atoms with Gasteiger partial charge < -0.3 is 19.7 Å². The summed E-state index contributed by atoms with van der Waals surface area (Å²) in [4.78, 5) is 27.0. The van der Waals surface area contributed by atoms with Crippen LogP contribution in [0.15, 0.2) is 35.7 Å². The number of hydrogen-bond acceptors (Lipinski definition) is 5. The lowest BCUT2D eigenvalue weighted by Crippen LogP contribution is -2.31. The minimum absolute atomic E-state index is 0.100. The molecule has 6 nitrogen and oxygen atoms in total. The first-order valence-corrected chi connectivity index (χ1v) is 8.66. The first-order chi connectivity index (χ1) is 11.9. The van der Waals surface area contributed by atoms with Crippen LogP contribution in [0.2, 0.25) is 0 Å². The number of rotatable bonds is 7. The molecule has 0 radical (unpaired) electrons. The summed E-state index contributed by atoms with van der Waals surface area (Å²) < 4.78 is 10.9. The van der Waals surface area contributed by atoms with E-state index in [2.05, 4.69) is 5.32 Å². The molecule has 0 saturated carbocycles. The third-order valence-corrected chi connectivity index (χ3v) is 4.59. The topological polar surface area (TPSA) is 67.9 Å². The van der Waals surface area contributed by atoms with Crippen LogP contribution in [-0.4, -0.2) is 44.5 Å². The summed E-state index contributed by atoms with van der Waals surface area (Å²) in [5.74, 6) is 0.186. The molecule has 25 heavy (non-hydrogen) atoms. The van der Waals surface area contributed by atoms with Crippen molar-refractivity contribution in [2.24, 2.45) is 0 Å². The van der Waals surface area contributed by atoms with Gasteiger partial charge in [0.1, 0.15) is 0 Å². The molecule has 1 atom stereocenters. The predicted octanol–water partition coefficient (Wildman–Crippen LogP) is 2.71. The van der Waals surface area contributed by atoms with E-state index in [9.17, 15) is 9.59 Å². The van der Waals surface area contributed by atoms with Crippen LogP contribution in [-0.2, 0) is 4.79 Å². The van der Waals surface area contributed by atoms with Crippen molar-refractivity contribution in [2.75, 3.05) is 27.8 Å². The summed E-state index contributed by atoms with van der Waals surface area (Å²) in [6.45, 7) is 1.71. The van der Waals surface area contributed by atoms with Gasteiger partial charge in [0.05, 0.1) is 18.7 Å². The van der Waals surface area contributed by atoms with Crippen LogP contribution in [0.5, 0.6) is 11.5 Å². The van der Waals surface area contributed by atoms with Gasteiger partial charge in [-0.2, -0.15) is 0 Å². The second kappa shape index (κ2) is 8.53. The van der Waals surface area contributed by atoms with Crippen molar-refractivity contribution in [3.8, 4) is 11.5 Å². The van der Waals surface area contributed by atoms with Gasteiger partial charge in [-0.1, -0.05) is 12.1 Å². The van der Waals surface area contributed by atoms with E-state index in [-0.39, 0.29) is 30.2 Å². The molecular weight excluding hydrogens is 340 g/mol. The lowest BCUT2D eigenvalue weighted by Gasteiger charge is -2.18. The van der Waals surface area contributed by atoms with Crippen LogP contribution in [0.3, 0.4) is 0 Å². The zero-order chi connectivity index (χ0) is 18.4. The molecule has 1 aromatic heterocycles. The molecule has 1 N–H and O–H groups in total. The standard InChI is InChI=1S/C18H22N2O4S/c1-12(15-9-6-10-25-15)19-16(21)11-24-17-13(18(22)20(2)3)7-5-8-14(17)23-4/h5-10,12H,11H2,1-4H3,(H,19,21). The number of nitrogens with one attached hydrogen (secondary N) is 1. The Labute approximate surface area is 151 Å². The van der Waals surface area contributed by atoms with E-state index in [1.165, 1.54) is 12.0 Å². The summed E-state index contributed by atoms with van der Waals surface area (Å²) in [5, 5.41) is 4.83. The van der Waals surface area contributed by atoms with Gasteiger partial charge in [0.15, 0.2) is 18.1 Å². The summed E-state index contributed by atoms with van der Waals surface area (Å²) in [6, 6.07) is 8.84. The lowest BCUT2D eigenvalue weighted by molar-refractivity contribution is -0.123. The highest BCUT2D eigenvalue weighted by atomic mass is 32.1. The third-order valence-electron chi connectivity index (χ3n) is 3.53. The molecule has 2 amide bonds. The summed E-state index contributed by atoms with van der Waals surface area (Å²) >= 11 is 1.58. The molecule has 134 valence electrons. The Morgan fingerprint density at radius 2 is 2.00 bits per heavy atom. The van der Waals surface area contributed by atoms with E-state index in [4.69, 9.17) is 9.47 Å². The maximum absolute atomic E-state index is 12.3. The zero-order valence-electron chi connectivity index (χ0n) is 14.7. The van der Waals surface area contributed by atoms with Gasteiger partial charge in [-0.05, 0) is 30.5 Å². The SMILES string of the molecule is COc1cccc(C(=O)N(C)C)c1OCC(=O)NC(C)c1cccs1. The zero-order valence-corrected chi connectivity index (χ0v) is 15.6. The Kier molecular flexibility index (Phi) is 6.41. The molecule has 1 unspecified atom stereocenters. The molecule has 7 heteroatoms. The van der Waals surface area contributed by atoms with Gasteiger partial charge in [0, 0.05) is 19.0 Å².